The maximum atomic E-state index is 7.60. The van der Waals surface area contributed by atoms with E-state index in [2.05, 4.69) is 15.0 Å². The van der Waals surface area contributed by atoms with E-state index in [0.717, 1.165) is 0 Å². The van der Waals surface area contributed by atoms with Gasteiger partial charge in [0.05, 0.1) is 29.8 Å². The Kier molecular flexibility index (Phi) is 4.37. The van der Waals surface area contributed by atoms with E-state index in [9.17, 15) is 0 Å². The molecule has 3 atom stereocenters. The number of nitrogens with one attached hydrogen (secondary N) is 1. The molecule has 0 saturated carbocycles. The fraction of sp³-hybridized carbons (Fsp3) is 0.615. The summed E-state index contributed by atoms with van der Waals surface area (Å²) in [4.78, 5) is 12.1. The van der Waals surface area contributed by atoms with Crippen LogP contribution in [0.2, 0.25) is 5.15 Å². The van der Waals surface area contributed by atoms with Crippen LogP contribution in [0.3, 0.4) is 0 Å². The molecule has 0 amide bonds. The number of fused-ring (bicyclic) bond motifs is 2. The zero-order chi connectivity index (χ0) is 15.5. The van der Waals surface area contributed by atoms with E-state index in [1.54, 1.807) is 10.9 Å². The van der Waals surface area contributed by atoms with E-state index in [1.807, 2.05) is 13.8 Å². The van der Waals surface area contributed by atoms with Crippen molar-refractivity contribution in [2.24, 2.45) is 0 Å². The molecular weight excluding hydrogens is 502 g/mol. The van der Waals surface area contributed by atoms with Gasteiger partial charge in [0.15, 0.2) is 5.79 Å². The van der Waals surface area contributed by atoms with E-state index in [-0.39, 0.29) is 49.6 Å². The van der Waals surface area contributed by atoms with Crippen molar-refractivity contribution in [1.29, 1.82) is 0 Å². The molecule has 3 unspecified atom stereocenters. The Balaban J connectivity index is 0.00000156. The molecule has 1 N–H and O–H groups in total. The Morgan fingerprint density at radius 1 is 1.30 bits per heavy atom. The molecular formula is C13H15ClIrN5O3-. The molecule has 2 aromatic heterocycles. The van der Waals surface area contributed by atoms with Gasteiger partial charge in [-0.3, -0.25) is 0 Å². The van der Waals surface area contributed by atoms with E-state index in [0.29, 0.717) is 24.2 Å². The second kappa shape index (κ2) is 5.91. The molecule has 2 saturated heterocycles. The van der Waals surface area contributed by atoms with Crippen molar-refractivity contribution < 1.29 is 34.3 Å². The quantitative estimate of drug-likeness (QED) is 0.541. The second-order valence-corrected chi connectivity index (χ2v) is 6.26. The SMILES string of the molecule is CC1(C)OC2COC(n3cnc4c(Cl)nc([NH-])nc43)CC2O1.[Ir]. The van der Waals surface area contributed by atoms with Gasteiger partial charge in [0.1, 0.15) is 17.8 Å². The van der Waals surface area contributed by atoms with Crippen LogP contribution in [-0.4, -0.2) is 44.1 Å². The van der Waals surface area contributed by atoms with Gasteiger partial charge >= 0.3 is 0 Å². The number of nitrogens with zero attached hydrogens (tertiary/aromatic N) is 4. The van der Waals surface area contributed by atoms with Gasteiger partial charge in [0.25, 0.3) is 0 Å². The van der Waals surface area contributed by atoms with Crippen LogP contribution in [0.5, 0.6) is 0 Å². The summed E-state index contributed by atoms with van der Waals surface area (Å²) in [7, 11) is 0. The zero-order valence-corrected chi connectivity index (χ0v) is 15.6. The first-order valence-corrected chi connectivity index (χ1v) is 7.40. The van der Waals surface area contributed by atoms with Gasteiger partial charge in [-0.25, -0.2) is 4.98 Å². The molecule has 10 heteroatoms. The molecule has 0 aliphatic carbocycles. The van der Waals surface area contributed by atoms with Crippen LogP contribution < -0.4 is 0 Å². The van der Waals surface area contributed by atoms with Crippen LogP contribution in [0.15, 0.2) is 6.33 Å². The predicted octanol–water partition coefficient (Wildman–Crippen LogP) is 2.60. The minimum absolute atomic E-state index is 0. The first-order valence-electron chi connectivity index (χ1n) is 7.02. The third-order valence-corrected chi connectivity index (χ3v) is 4.12. The third-order valence-electron chi connectivity index (χ3n) is 3.86. The third kappa shape index (κ3) is 2.97. The zero-order valence-electron chi connectivity index (χ0n) is 12.4. The predicted molar refractivity (Wildman–Crippen MR) is 77.7 cm³/mol. The molecule has 2 aliphatic rings. The van der Waals surface area contributed by atoms with E-state index >= 15 is 0 Å². The van der Waals surface area contributed by atoms with E-state index in [1.165, 1.54) is 0 Å². The molecule has 2 aromatic rings. The van der Waals surface area contributed by atoms with Gasteiger partial charge in [0.2, 0.25) is 0 Å². The molecule has 23 heavy (non-hydrogen) atoms. The monoisotopic (exact) mass is 517 g/mol. The average Bonchev–Trinajstić information content (AvgIpc) is 2.96. The fourth-order valence-electron chi connectivity index (χ4n) is 3.01. The molecule has 2 aliphatic heterocycles. The van der Waals surface area contributed by atoms with E-state index < -0.39 is 5.79 Å². The molecule has 127 valence electrons. The van der Waals surface area contributed by atoms with Crippen molar-refractivity contribution in [3.05, 3.63) is 17.2 Å². The molecule has 4 heterocycles. The number of rotatable bonds is 1. The summed E-state index contributed by atoms with van der Waals surface area (Å²) in [6.07, 6.45) is 1.84. The van der Waals surface area contributed by atoms with Crippen molar-refractivity contribution >= 4 is 28.7 Å². The van der Waals surface area contributed by atoms with Gasteiger partial charge in [-0.1, -0.05) is 11.6 Å². The Morgan fingerprint density at radius 2 is 2.04 bits per heavy atom. The molecule has 1 radical (unpaired) electrons. The normalized spacial score (nSPS) is 29.3. The van der Waals surface area contributed by atoms with Crippen molar-refractivity contribution in [3.8, 4) is 0 Å². The van der Waals surface area contributed by atoms with Gasteiger partial charge in [0, 0.05) is 32.5 Å². The molecule has 8 nitrogen and oxygen atoms in total. The van der Waals surface area contributed by atoms with E-state index in [4.69, 9.17) is 31.5 Å². The van der Waals surface area contributed by atoms with Crippen molar-refractivity contribution in [1.82, 2.24) is 19.5 Å². The molecule has 0 spiro atoms. The summed E-state index contributed by atoms with van der Waals surface area (Å²) in [5.74, 6) is -0.737. The second-order valence-electron chi connectivity index (χ2n) is 5.90. The standard InChI is InChI=1S/C13H15ClN5O3.Ir/c1-13(2)21-6-3-8(20-4-7(6)22-13)19-5-16-9-10(14)17-12(15)18-11(9)19;/h5-8H,3-4H2,1-2H3,(H-,15,17,18);/q-1;. The van der Waals surface area contributed by atoms with Crippen LogP contribution in [-0.2, 0) is 34.3 Å². The fourth-order valence-corrected chi connectivity index (χ4v) is 3.22. The summed E-state index contributed by atoms with van der Waals surface area (Å²) in [6.45, 7) is 4.23. The van der Waals surface area contributed by atoms with Crippen molar-refractivity contribution in [2.45, 2.75) is 44.5 Å². The Bertz CT molecular complexity index is 740. The summed E-state index contributed by atoms with van der Waals surface area (Å²) in [5.41, 5.74) is 8.56. The maximum absolute atomic E-state index is 7.60. The summed E-state index contributed by atoms with van der Waals surface area (Å²) >= 11 is 6.01. The number of halogens is 1. The Morgan fingerprint density at radius 3 is 2.83 bits per heavy atom. The molecule has 2 fully saturated rings. The van der Waals surface area contributed by atoms with Gasteiger partial charge < -0.3 is 34.5 Å². The minimum atomic E-state index is -0.593. The smallest absolute Gasteiger partial charge is 0.163 e. The maximum Gasteiger partial charge on any atom is 0.163 e. The topological polar surface area (TPSA) is 95.1 Å². The van der Waals surface area contributed by atoms with Gasteiger partial charge in [-0.2, -0.15) is 0 Å². The number of hydrogen-bond donors (Lipinski definition) is 0. The van der Waals surface area contributed by atoms with Crippen molar-refractivity contribution in [2.75, 3.05) is 6.61 Å². The average molecular weight is 517 g/mol. The van der Waals surface area contributed by atoms with Gasteiger partial charge in [-0.15, -0.1) is 0 Å². The molecule has 0 bridgehead atoms. The van der Waals surface area contributed by atoms with Crippen LogP contribution in [0.1, 0.15) is 26.5 Å². The summed E-state index contributed by atoms with van der Waals surface area (Å²) in [5, 5.41) is 0.170. The molecule has 4 rings (SSSR count). The first-order chi connectivity index (χ1) is 10.4. The number of ether oxygens (including phenoxy) is 3. The van der Waals surface area contributed by atoms with Gasteiger partial charge in [-0.05, 0) is 13.8 Å². The summed E-state index contributed by atoms with van der Waals surface area (Å²) in [6, 6.07) is 0. The molecule has 0 aromatic carbocycles. The first kappa shape index (κ1) is 17.0. The Labute approximate surface area is 151 Å². The summed E-state index contributed by atoms with van der Waals surface area (Å²) < 4.78 is 19.3. The number of imidazole rings is 1. The van der Waals surface area contributed by atoms with Crippen LogP contribution in [0.25, 0.3) is 16.9 Å². The van der Waals surface area contributed by atoms with Crippen molar-refractivity contribution in [3.63, 3.8) is 0 Å². The number of aromatic nitrogens is 4. The van der Waals surface area contributed by atoms with Crippen LogP contribution in [0, 0.1) is 0 Å². The Hall–Kier alpha value is -0.831. The van der Waals surface area contributed by atoms with Crippen LogP contribution in [0.4, 0.5) is 5.95 Å². The number of hydrogen-bond acceptors (Lipinski definition) is 6. The largest absolute Gasteiger partial charge is 0.410 e. The van der Waals surface area contributed by atoms with Crippen LogP contribution >= 0.6 is 11.6 Å². The minimum Gasteiger partial charge on any atom is -0.410 e.